The van der Waals surface area contributed by atoms with E-state index in [4.69, 9.17) is 0 Å². The summed E-state index contributed by atoms with van der Waals surface area (Å²) in [6, 6.07) is 2.06. The van der Waals surface area contributed by atoms with Crippen LogP contribution < -0.4 is 10.6 Å². The first-order valence-corrected chi connectivity index (χ1v) is 8.25. The van der Waals surface area contributed by atoms with E-state index in [-0.39, 0.29) is 6.03 Å². The van der Waals surface area contributed by atoms with E-state index in [0.717, 1.165) is 31.6 Å². The Morgan fingerprint density at radius 1 is 1.26 bits per heavy atom. The number of hydrogen-bond donors (Lipinski definition) is 2. The van der Waals surface area contributed by atoms with Crippen LogP contribution in [0, 0.1) is 0 Å². The third-order valence-electron chi connectivity index (χ3n) is 4.15. The van der Waals surface area contributed by atoms with E-state index in [2.05, 4.69) is 26.0 Å². The number of rotatable bonds is 6. The number of aryl methyl sites for hydroxylation is 1. The predicted octanol–water partition coefficient (Wildman–Crippen LogP) is 2.19. The minimum Gasteiger partial charge on any atom is -0.338 e. The Kier molecular flexibility index (Phi) is 5.23. The van der Waals surface area contributed by atoms with Gasteiger partial charge in [0.05, 0.1) is 18.4 Å². The first kappa shape index (κ1) is 15.5. The Bertz CT molecular complexity index is 601. The zero-order valence-corrected chi connectivity index (χ0v) is 13.2. The minimum atomic E-state index is -0.193. The van der Waals surface area contributed by atoms with Gasteiger partial charge in [-0.2, -0.15) is 5.10 Å². The van der Waals surface area contributed by atoms with Crippen molar-refractivity contribution in [3.05, 3.63) is 24.7 Å². The van der Waals surface area contributed by atoms with Crippen molar-refractivity contribution in [1.82, 2.24) is 30.1 Å². The lowest BCUT2D eigenvalue weighted by Gasteiger charge is -2.23. The molecule has 2 N–H and O–H groups in total. The quantitative estimate of drug-likeness (QED) is 0.799. The number of carbonyl (C=O) groups excluding carboxylic acids is 1. The van der Waals surface area contributed by atoms with Gasteiger partial charge in [-0.15, -0.1) is 5.10 Å². The van der Waals surface area contributed by atoms with E-state index in [1.807, 2.05) is 16.9 Å². The molecule has 2 aromatic heterocycles. The highest BCUT2D eigenvalue weighted by atomic mass is 16.2. The van der Waals surface area contributed by atoms with Gasteiger partial charge < -0.3 is 5.32 Å². The van der Waals surface area contributed by atoms with E-state index >= 15 is 0 Å². The number of urea groups is 1. The summed E-state index contributed by atoms with van der Waals surface area (Å²) in [6.45, 7) is 1.32. The molecule has 23 heavy (non-hydrogen) atoms. The Morgan fingerprint density at radius 2 is 2.13 bits per heavy atom. The number of aromatic nitrogens is 5. The Labute approximate surface area is 135 Å². The second kappa shape index (κ2) is 7.75. The first-order valence-electron chi connectivity index (χ1n) is 8.25. The van der Waals surface area contributed by atoms with Gasteiger partial charge in [0, 0.05) is 25.4 Å². The minimum absolute atomic E-state index is 0.193. The van der Waals surface area contributed by atoms with Crippen LogP contribution in [-0.2, 0) is 6.54 Å². The second-order valence-electron chi connectivity index (χ2n) is 5.85. The van der Waals surface area contributed by atoms with Gasteiger partial charge in [-0.05, 0) is 19.3 Å². The highest BCUT2D eigenvalue weighted by Gasteiger charge is 2.18. The van der Waals surface area contributed by atoms with Gasteiger partial charge in [0.1, 0.15) is 5.82 Å². The highest BCUT2D eigenvalue weighted by molar-refractivity contribution is 5.88. The van der Waals surface area contributed by atoms with Gasteiger partial charge in [-0.3, -0.25) is 10.00 Å². The lowest BCUT2D eigenvalue weighted by atomic mass is 9.96. The maximum absolute atomic E-state index is 12.0. The number of amides is 2. The van der Waals surface area contributed by atoms with Crippen molar-refractivity contribution in [2.45, 2.75) is 51.1 Å². The Morgan fingerprint density at radius 3 is 2.91 bits per heavy atom. The van der Waals surface area contributed by atoms with Crippen LogP contribution in [0.1, 0.15) is 44.6 Å². The number of nitrogens with zero attached hydrogens (tertiary/aromatic N) is 5. The topological polar surface area (TPSA) is 89.7 Å². The standard InChI is InChI=1S/C15H23N7O/c23-15(16-8-4-11-21-12-10-17-20-21)19-14-7-9-18-22(14)13-5-2-1-3-6-13/h7,9-10,12-13H,1-6,8,11H2,(H2,16,19,23). The Hall–Kier alpha value is -2.38. The lowest BCUT2D eigenvalue weighted by Crippen LogP contribution is -2.31. The molecule has 0 atom stereocenters. The van der Waals surface area contributed by atoms with Gasteiger partial charge >= 0.3 is 6.03 Å². The molecule has 0 bridgehead atoms. The number of hydrogen-bond acceptors (Lipinski definition) is 4. The van der Waals surface area contributed by atoms with Crippen molar-refractivity contribution < 1.29 is 4.79 Å². The zero-order chi connectivity index (χ0) is 15.9. The van der Waals surface area contributed by atoms with Crippen LogP contribution >= 0.6 is 0 Å². The predicted molar refractivity (Wildman–Crippen MR) is 86.0 cm³/mol. The molecule has 1 fully saturated rings. The summed E-state index contributed by atoms with van der Waals surface area (Å²) in [7, 11) is 0. The smallest absolute Gasteiger partial charge is 0.320 e. The highest BCUT2D eigenvalue weighted by Crippen LogP contribution is 2.29. The van der Waals surface area contributed by atoms with Crippen LogP contribution in [0.15, 0.2) is 24.7 Å². The molecule has 1 aliphatic carbocycles. The SMILES string of the molecule is O=C(NCCCn1ccnn1)Nc1ccnn1C1CCCCC1. The van der Waals surface area contributed by atoms with E-state index in [1.165, 1.54) is 19.3 Å². The second-order valence-corrected chi connectivity index (χ2v) is 5.85. The summed E-state index contributed by atoms with van der Waals surface area (Å²) in [4.78, 5) is 12.0. The average molecular weight is 317 g/mol. The molecule has 0 radical (unpaired) electrons. The molecule has 8 heteroatoms. The van der Waals surface area contributed by atoms with Gasteiger partial charge in [-0.1, -0.05) is 24.5 Å². The first-order chi connectivity index (χ1) is 11.3. The molecule has 2 amide bonds. The van der Waals surface area contributed by atoms with Crippen molar-refractivity contribution in [3.8, 4) is 0 Å². The number of nitrogens with one attached hydrogen (secondary N) is 2. The van der Waals surface area contributed by atoms with E-state index in [9.17, 15) is 4.79 Å². The molecule has 1 saturated carbocycles. The Balaban J connectivity index is 1.43. The van der Waals surface area contributed by atoms with Gasteiger partial charge in [-0.25, -0.2) is 9.48 Å². The zero-order valence-electron chi connectivity index (χ0n) is 13.2. The van der Waals surface area contributed by atoms with Crippen LogP contribution in [0.5, 0.6) is 0 Å². The van der Waals surface area contributed by atoms with Crippen molar-refractivity contribution in [2.24, 2.45) is 0 Å². The fraction of sp³-hybridized carbons (Fsp3) is 0.600. The van der Waals surface area contributed by atoms with Crippen LogP contribution in [0.25, 0.3) is 0 Å². The molecule has 1 aliphatic rings. The van der Waals surface area contributed by atoms with Crippen molar-refractivity contribution in [1.29, 1.82) is 0 Å². The molecule has 0 spiro atoms. The third kappa shape index (κ3) is 4.30. The van der Waals surface area contributed by atoms with Crippen molar-refractivity contribution in [2.75, 3.05) is 11.9 Å². The maximum atomic E-state index is 12.0. The normalized spacial score (nSPS) is 15.5. The van der Waals surface area contributed by atoms with E-state index < -0.39 is 0 Å². The lowest BCUT2D eigenvalue weighted by molar-refractivity contribution is 0.251. The van der Waals surface area contributed by atoms with Crippen LogP contribution in [0.3, 0.4) is 0 Å². The van der Waals surface area contributed by atoms with E-state index in [1.54, 1.807) is 17.1 Å². The summed E-state index contributed by atoms with van der Waals surface area (Å²) in [5.74, 6) is 0.769. The summed E-state index contributed by atoms with van der Waals surface area (Å²) in [5, 5.41) is 17.8. The van der Waals surface area contributed by atoms with Gasteiger partial charge in [0.2, 0.25) is 0 Å². The summed E-state index contributed by atoms with van der Waals surface area (Å²) >= 11 is 0. The molecule has 0 unspecified atom stereocenters. The molecule has 124 valence electrons. The fourth-order valence-corrected chi connectivity index (χ4v) is 2.99. The molecule has 8 nitrogen and oxygen atoms in total. The van der Waals surface area contributed by atoms with Gasteiger partial charge in [0.15, 0.2) is 0 Å². The fourth-order valence-electron chi connectivity index (χ4n) is 2.99. The summed E-state index contributed by atoms with van der Waals surface area (Å²) < 4.78 is 3.70. The van der Waals surface area contributed by atoms with E-state index in [0.29, 0.717) is 12.6 Å². The average Bonchev–Trinajstić information content (AvgIpc) is 3.24. The molecule has 3 rings (SSSR count). The molecule has 0 aliphatic heterocycles. The van der Waals surface area contributed by atoms with Crippen molar-refractivity contribution in [3.63, 3.8) is 0 Å². The molecular formula is C15H23N7O. The summed E-state index contributed by atoms with van der Waals surface area (Å²) in [6.07, 6.45) is 12.0. The van der Waals surface area contributed by atoms with Crippen LogP contribution in [0.2, 0.25) is 0 Å². The molecule has 0 saturated heterocycles. The largest absolute Gasteiger partial charge is 0.338 e. The molecule has 2 aromatic rings. The number of carbonyl (C=O) groups is 1. The third-order valence-corrected chi connectivity index (χ3v) is 4.15. The molecule has 0 aromatic carbocycles. The van der Waals surface area contributed by atoms with Gasteiger partial charge in [0.25, 0.3) is 0 Å². The monoisotopic (exact) mass is 317 g/mol. The molecular weight excluding hydrogens is 294 g/mol. The number of anilines is 1. The van der Waals surface area contributed by atoms with Crippen molar-refractivity contribution >= 4 is 11.8 Å². The summed E-state index contributed by atoms with van der Waals surface area (Å²) in [5.41, 5.74) is 0. The van der Waals surface area contributed by atoms with Crippen LogP contribution in [0.4, 0.5) is 10.6 Å². The maximum Gasteiger partial charge on any atom is 0.320 e. The van der Waals surface area contributed by atoms with Crippen LogP contribution in [-0.4, -0.2) is 37.4 Å². The molecule has 2 heterocycles.